The van der Waals surface area contributed by atoms with Crippen molar-refractivity contribution in [2.45, 2.75) is 18.6 Å². The summed E-state index contributed by atoms with van der Waals surface area (Å²) < 4.78 is 37.8. The molecule has 0 spiro atoms. The lowest BCUT2D eigenvalue weighted by molar-refractivity contribution is -0.137. The Labute approximate surface area is 106 Å². The molecule has 1 aliphatic heterocycles. The fourth-order valence-electron chi connectivity index (χ4n) is 1.84. The van der Waals surface area contributed by atoms with Crippen LogP contribution in [-0.2, 0) is 11.0 Å². The van der Waals surface area contributed by atoms with E-state index in [0.29, 0.717) is 6.42 Å². The number of nitrogens with zero attached hydrogens (tertiary/aromatic N) is 1. The molecule has 1 amide bonds. The summed E-state index contributed by atoms with van der Waals surface area (Å²) in [6, 6.07) is 2.22. The maximum Gasteiger partial charge on any atom is 0.416 e. The molecule has 98 valence electrons. The molecular formula is C11H10ClF3N2O. The molecule has 0 bridgehead atoms. The van der Waals surface area contributed by atoms with Crippen molar-refractivity contribution in [3.63, 3.8) is 0 Å². The molecular weight excluding hydrogens is 269 g/mol. The van der Waals surface area contributed by atoms with E-state index in [-0.39, 0.29) is 17.3 Å². The molecule has 2 N–H and O–H groups in total. The average molecular weight is 279 g/mol. The van der Waals surface area contributed by atoms with E-state index >= 15 is 0 Å². The minimum absolute atomic E-state index is 0.0597. The lowest BCUT2D eigenvalue weighted by Gasteiger charge is -2.19. The lowest BCUT2D eigenvalue weighted by atomic mass is 10.2. The maximum atomic E-state index is 12.6. The molecule has 1 fully saturated rings. The standard InChI is InChI=1S/C11H10ClF3N2O/c12-7-2-1-6(11(13,14)15)5-9(7)17-4-3-8(16)10(17)18/h1-2,5,8H,3-4,16H2. The van der Waals surface area contributed by atoms with Crippen molar-refractivity contribution in [1.29, 1.82) is 0 Å². The van der Waals surface area contributed by atoms with E-state index in [1.54, 1.807) is 0 Å². The summed E-state index contributed by atoms with van der Waals surface area (Å²) in [5, 5.41) is 0.102. The molecule has 0 radical (unpaired) electrons. The Morgan fingerprint density at radius 1 is 1.39 bits per heavy atom. The number of hydrogen-bond donors (Lipinski definition) is 1. The molecule has 3 nitrogen and oxygen atoms in total. The highest BCUT2D eigenvalue weighted by atomic mass is 35.5. The van der Waals surface area contributed by atoms with E-state index in [0.717, 1.165) is 18.2 Å². The molecule has 7 heteroatoms. The van der Waals surface area contributed by atoms with E-state index in [1.807, 2.05) is 0 Å². The van der Waals surface area contributed by atoms with Gasteiger partial charge in [0.2, 0.25) is 5.91 Å². The number of hydrogen-bond acceptors (Lipinski definition) is 2. The Morgan fingerprint density at radius 2 is 2.06 bits per heavy atom. The molecule has 1 aromatic carbocycles. The zero-order chi connectivity index (χ0) is 13.5. The Balaban J connectivity index is 2.42. The Bertz CT molecular complexity index is 490. The van der Waals surface area contributed by atoms with Gasteiger partial charge in [0, 0.05) is 6.54 Å². The van der Waals surface area contributed by atoms with Crippen LogP contribution >= 0.6 is 11.6 Å². The largest absolute Gasteiger partial charge is 0.416 e. The van der Waals surface area contributed by atoms with Crippen molar-refractivity contribution in [3.05, 3.63) is 28.8 Å². The van der Waals surface area contributed by atoms with Crippen LogP contribution in [0.25, 0.3) is 0 Å². The summed E-state index contributed by atoms with van der Waals surface area (Å²) >= 11 is 5.84. The van der Waals surface area contributed by atoms with Crippen LogP contribution in [0.3, 0.4) is 0 Å². The van der Waals surface area contributed by atoms with Crippen LogP contribution in [-0.4, -0.2) is 18.5 Å². The Morgan fingerprint density at radius 3 is 2.56 bits per heavy atom. The third-order valence-electron chi connectivity index (χ3n) is 2.81. The van der Waals surface area contributed by atoms with Crippen LogP contribution in [0.2, 0.25) is 5.02 Å². The average Bonchev–Trinajstić information content (AvgIpc) is 2.59. The van der Waals surface area contributed by atoms with Crippen molar-refractivity contribution < 1.29 is 18.0 Å². The number of carbonyl (C=O) groups is 1. The van der Waals surface area contributed by atoms with Gasteiger partial charge in [-0.2, -0.15) is 13.2 Å². The minimum Gasteiger partial charge on any atom is -0.320 e. The van der Waals surface area contributed by atoms with Gasteiger partial charge in [0.05, 0.1) is 22.3 Å². The molecule has 0 saturated carbocycles. The molecule has 1 saturated heterocycles. The summed E-state index contributed by atoms with van der Waals surface area (Å²) in [5.74, 6) is -0.406. The molecule has 0 aromatic heterocycles. The summed E-state index contributed by atoms with van der Waals surface area (Å²) in [4.78, 5) is 12.9. The highest BCUT2D eigenvalue weighted by molar-refractivity contribution is 6.34. The highest BCUT2D eigenvalue weighted by Gasteiger charge is 2.34. The Hall–Kier alpha value is -1.27. The van der Waals surface area contributed by atoms with Gasteiger partial charge < -0.3 is 10.6 Å². The van der Waals surface area contributed by atoms with Gasteiger partial charge in [-0.3, -0.25) is 4.79 Å². The second-order valence-corrected chi connectivity index (χ2v) is 4.46. The number of halogens is 4. The van der Waals surface area contributed by atoms with Crippen LogP contribution in [0.5, 0.6) is 0 Å². The van der Waals surface area contributed by atoms with Crippen molar-refractivity contribution in [1.82, 2.24) is 0 Å². The van der Waals surface area contributed by atoms with Crippen molar-refractivity contribution in [2.75, 3.05) is 11.4 Å². The van der Waals surface area contributed by atoms with Crippen molar-refractivity contribution in [3.8, 4) is 0 Å². The first-order valence-electron chi connectivity index (χ1n) is 5.24. The van der Waals surface area contributed by atoms with Gasteiger partial charge in [0.25, 0.3) is 0 Å². The number of rotatable bonds is 1. The Kier molecular flexibility index (Phi) is 3.25. The topological polar surface area (TPSA) is 46.3 Å². The molecule has 1 heterocycles. The van der Waals surface area contributed by atoms with Gasteiger partial charge in [-0.25, -0.2) is 0 Å². The minimum atomic E-state index is -4.47. The molecule has 1 aromatic rings. The molecule has 18 heavy (non-hydrogen) atoms. The summed E-state index contributed by atoms with van der Waals surface area (Å²) in [6.07, 6.45) is -4.06. The van der Waals surface area contributed by atoms with Crippen LogP contribution < -0.4 is 10.6 Å². The first kappa shape index (κ1) is 13.2. The van der Waals surface area contributed by atoms with E-state index in [1.165, 1.54) is 4.90 Å². The number of nitrogens with two attached hydrogens (primary N) is 1. The van der Waals surface area contributed by atoms with Crippen molar-refractivity contribution >= 4 is 23.2 Å². The van der Waals surface area contributed by atoms with Crippen LogP contribution in [0.1, 0.15) is 12.0 Å². The second kappa shape index (κ2) is 4.44. The molecule has 1 aliphatic rings. The zero-order valence-electron chi connectivity index (χ0n) is 9.17. The number of amides is 1. The monoisotopic (exact) mass is 278 g/mol. The first-order valence-corrected chi connectivity index (χ1v) is 5.62. The highest BCUT2D eigenvalue weighted by Crippen LogP contribution is 2.36. The summed E-state index contributed by atoms with van der Waals surface area (Å²) in [7, 11) is 0. The number of anilines is 1. The maximum absolute atomic E-state index is 12.6. The zero-order valence-corrected chi connectivity index (χ0v) is 9.92. The van der Waals surface area contributed by atoms with Gasteiger partial charge in [0.15, 0.2) is 0 Å². The molecule has 1 unspecified atom stereocenters. The number of carbonyl (C=O) groups excluding carboxylic acids is 1. The van der Waals surface area contributed by atoms with Crippen LogP contribution in [0.4, 0.5) is 18.9 Å². The van der Waals surface area contributed by atoms with Crippen LogP contribution in [0.15, 0.2) is 18.2 Å². The number of benzene rings is 1. The van der Waals surface area contributed by atoms with Gasteiger partial charge >= 0.3 is 6.18 Å². The van der Waals surface area contributed by atoms with E-state index in [9.17, 15) is 18.0 Å². The molecule has 0 aliphatic carbocycles. The second-order valence-electron chi connectivity index (χ2n) is 4.05. The smallest absolute Gasteiger partial charge is 0.320 e. The number of alkyl halides is 3. The normalized spacial score (nSPS) is 20.6. The first-order chi connectivity index (χ1) is 8.30. The fourth-order valence-corrected chi connectivity index (χ4v) is 2.06. The van der Waals surface area contributed by atoms with Gasteiger partial charge in [-0.15, -0.1) is 0 Å². The van der Waals surface area contributed by atoms with E-state index in [4.69, 9.17) is 17.3 Å². The lowest BCUT2D eigenvalue weighted by Crippen LogP contribution is -2.34. The predicted octanol–water partition coefficient (Wildman–Crippen LogP) is 2.42. The van der Waals surface area contributed by atoms with Gasteiger partial charge in [-0.1, -0.05) is 11.6 Å². The molecule has 1 atom stereocenters. The van der Waals surface area contributed by atoms with Gasteiger partial charge in [-0.05, 0) is 24.6 Å². The van der Waals surface area contributed by atoms with Crippen molar-refractivity contribution in [2.24, 2.45) is 5.73 Å². The third-order valence-corrected chi connectivity index (χ3v) is 3.13. The third kappa shape index (κ3) is 2.30. The van der Waals surface area contributed by atoms with E-state index in [2.05, 4.69) is 0 Å². The summed E-state index contributed by atoms with van der Waals surface area (Å²) in [6.45, 7) is 0.279. The van der Waals surface area contributed by atoms with Gasteiger partial charge in [0.1, 0.15) is 0 Å². The van der Waals surface area contributed by atoms with Crippen LogP contribution in [0, 0.1) is 0 Å². The summed E-state index contributed by atoms with van der Waals surface area (Å²) in [5.41, 5.74) is 4.75. The quantitative estimate of drug-likeness (QED) is 0.857. The fraction of sp³-hybridized carbons (Fsp3) is 0.364. The molecule has 2 rings (SSSR count). The SMILES string of the molecule is NC1CCN(c2cc(C(F)(F)F)ccc2Cl)C1=O. The van der Waals surface area contributed by atoms with E-state index < -0.39 is 23.7 Å². The predicted molar refractivity (Wildman–Crippen MR) is 61.4 cm³/mol.